The third-order valence-corrected chi connectivity index (χ3v) is 6.35. The monoisotopic (exact) mass is 441 g/mol. The topological polar surface area (TPSA) is 100 Å². The second-order valence-corrected chi connectivity index (χ2v) is 9.60. The van der Waals surface area contributed by atoms with Crippen molar-refractivity contribution in [1.29, 1.82) is 0 Å². The van der Waals surface area contributed by atoms with Gasteiger partial charge in [0.15, 0.2) is 22.3 Å². The first-order valence-electron chi connectivity index (χ1n) is 10.1. The molecule has 0 aliphatic carbocycles. The molecule has 4 heterocycles. The lowest BCUT2D eigenvalue weighted by Crippen LogP contribution is -2.29. The first-order chi connectivity index (χ1) is 14.8. The Morgan fingerprint density at radius 3 is 2.81 bits per heavy atom. The van der Waals surface area contributed by atoms with Crippen LogP contribution < -0.4 is 20.3 Å². The van der Waals surface area contributed by atoms with Crippen LogP contribution in [0.4, 0.5) is 5.69 Å². The number of hydrogen-bond acceptors (Lipinski definition) is 7. The van der Waals surface area contributed by atoms with Gasteiger partial charge in [0.2, 0.25) is 5.91 Å². The van der Waals surface area contributed by atoms with Crippen LogP contribution in [-0.4, -0.2) is 44.2 Å². The molecule has 0 saturated heterocycles. The molecule has 2 aromatic heterocycles. The summed E-state index contributed by atoms with van der Waals surface area (Å²) in [5.41, 5.74) is 0.773. The molecule has 31 heavy (non-hydrogen) atoms. The fourth-order valence-electron chi connectivity index (χ4n) is 3.82. The summed E-state index contributed by atoms with van der Waals surface area (Å²) in [6.07, 6.45) is 1.74. The van der Waals surface area contributed by atoms with Crippen LogP contribution in [0.1, 0.15) is 33.2 Å². The number of anilines is 1. The van der Waals surface area contributed by atoms with Crippen LogP contribution in [-0.2, 0) is 10.3 Å². The Morgan fingerprint density at radius 1 is 1.26 bits per heavy atom. The fourth-order valence-corrected chi connectivity index (χ4v) is 4.95. The summed E-state index contributed by atoms with van der Waals surface area (Å²) in [4.78, 5) is 30.6. The van der Waals surface area contributed by atoms with Crippen LogP contribution >= 0.6 is 11.8 Å². The molecular formula is C21H23N5O4S. The number of fused-ring (bicyclic) bond motifs is 3. The quantitative estimate of drug-likeness (QED) is 0.624. The number of amides is 1. The molecule has 162 valence electrons. The van der Waals surface area contributed by atoms with E-state index in [1.165, 1.54) is 11.8 Å². The summed E-state index contributed by atoms with van der Waals surface area (Å²) in [6.45, 7) is 7.05. The molecule has 1 amide bonds. The van der Waals surface area contributed by atoms with Crippen LogP contribution in [0.3, 0.4) is 0 Å². The van der Waals surface area contributed by atoms with E-state index in [1.54, 1.807) is 33.6 Å². The molecule has 2 aliphatic heterocycles. The number of carbonyl (C=O) groups excluding carboxylic acids is 1. The van der Waals surface area contributed by atoms with Gasteiger partial charge in [-0.25, -0.2) is 9.67 Å². The van der Waals surface area contributed by atoms with Crippen LogP contribution in [0, 0.1) is 0 Å². The zero-order chi connectivity index (χ0) is 21.8. The number of nitrogens with one attached hydrogen (secondary N) is 1. The third kappa shape index (κ3) is 3.54. The molecule has 0 saturated carbocycles. The predicted octanol–water partition coefficient (Wildman–Crippen LogP) is 2.79. The van der Waals surface area contributed by atoms with Gasteiger partial charge in [0.1, 0.15) is 18.6 Å². The summed E-state index contributed by atoms with van der Waals surface area (Å²) >= 11 is 1.49. The second kappa shape index (κ2) is 7.30. The molecule has 0 radical (unpaired) electrons. The van der Waals surface area contributed by atoms with Crippen molar-refractivity contribution in [3.05, 3.63) is 34.7 Å². The Hall–Kier alpha value is -3.01. The van der Waals surface area contributed by atoms with E-state index in [0.717, 1.165) is 0 Å². The van der Waals surface area contributed by atoms with Gasteiger partial charge < -0.3 is 14.8 Å². The number of hydrogen-bond donors (Lipinski definition) is 1. The van der Waals surface area contributed by atoms with E-state index in [1.807, 2.05) is 20.8 Å². The van der Waals surface area contributed by atoms with Crippen molar-refractivity contribution >= 4 is 34.4 Å². The number of rotatable bonds is 3. The summed E-state index contributed by atoms with van der Waals surface area (Å²) in [7, 11) is 0. The number of nitrogens with zero attached hydrogens (tertiary/aromatic N) is 4. The van der Waals surface area contributed by atoms with Gasteiger partial charge in [0.25, 0.3) is 5.56 Å². The molecule has 3 aromatic rings. The highest BCUT2D eigenvalue weighted by Crippen LogP contribution is 2.35. The highest BCUT2D eigenvalue weighted by molar-refractivity contribution is 7.99. The van der Waals surface area contributed by atoms with Crippen LogP contribution in [0.5, 0.6) is 11.5 Å². The average molecular weight is 442 g/mol. The molecule has 1 atom stereocenters. The molecule has 2 aliphatic rings. The average Bonchev–Trinajstić information content (AvgIpc) is 3.33. The van der Waals surface area contributed by atoms with Crippen LogP contribution in [0.2, 0.25) is 0 Å². The van der Waals surface area contributed by atoms with E-state index in [9.17, 15) is 9.59 Å². The van der Waals surface area contributed by atoms with Crippen molar-refractivity contribution in [1.82, 2.24) is 19.3 Å². The van der Waals surface area contributed by atoms with Crippen molar-refractivity contribution in [3.63, 3.8) is 0 Å². The fraction of sp³-hybridized carbons (Fsp3) is 0.429. The van der Waals surface area contributed by atoms with Gasteiger partial charge >= 0.3 is 0 Å². The van der Waals surface area contributed by atoms with Gasteiger partial charge in [0.05, 0.1) is 17.8 Å². The van der Waals surface area contributed by atoms with Gasteiger partial charge in [-0.1, -0.05) is 11.8 Å². The molecule has 1 N–H and O–H groups in total. The SMILES string of the molecule is CC(C)(C)n1ncc2c(=O)n3c(nc21)SCC3CC(=O)Nc1ccc2c(c1)OCCO2. The van der Waals surface area contributed by atoms with E-state index in [2.05, 4.69) is 10.4 Å². The standard InChI is InChI=1S/C21H23N5O4S/c1-21(2,3)26-18-14(10-22-26)19(28)25-13(11-31-20(25)24-18)9-17(27)23-12-4-5-15-16(8-12)30-7-6-29-15/h4-5,8,10,13H,6-7,9,11H2,1-3H3,(H,23,27). The Morgan fingerprint density at radius 2 is 2.03 bits per heavy atom. The number of ether oxygens (including phenoxy) is 2. The van der Waals surface area contributed by atoms with Crippen molar-refractivity contribution in [2.45, 2.75) is 43.9 Å². The van der Waals surface area contributed by atoms with E-state index in [4.69, 9.17) is 14.5 Å². The van der Waals surface area contributed by atoms with Gasteiger partial charge in [0, 0.05) is 23.9 Å². The van der Waals surface area contributed by atoms with Crippen LogP contribution in [0.15, 0.2) is 34.3 Å². The minimum absolute atomic E-state index is 0.155. The smallest absolute Gasteiger partial charge is 0.265 e. The number of thioether (sulfide) groups is 1. The normalized spacial score (nSPS) is 17.6. The first kappa shape index (κ1) is 19.9. The molecule has 1 aromatic carbocycles. The zero-order valence-electron chi connectivity index (χ0n) is 17.5. The van der Waals surface area contributed by atoms with Crippen molar-refractivity contribution in [3.8, 4) is 11.5 Å². The van der Waals surface area contributed by atoms with E-state index < -0.39 is 0 Å². The maximum absolute atomic E-state index is 13.2. The summed E-state index contributed by atoms with van der Waals surface area (Å²) in [5, 5.41) is 8.37. The maximum atomic E-state index is 13.2. The molecule has 0 bridgehead atoms. The summed E-state index contributed by atoms with van der Waals surface area (Å²) in [5.74, 6) is 1.73. The molecule has 5 rings (SSSR count). The van der Waals surface area contributed by atoms with E-state index >= 15 is 0 Å². The highest BCUT2D eigenvalue weighted by Gasteiger charge is 2.30. The molecule has 1 unspecified atom stereocenters. The lowest BCUT2D eigenvalue weighted by Gasteiger charge is -2.20. The first-order valence-corrected chi connectivity index (χ1v) is 11.1. The van der Waals surface area contributed by atoms with Crippen molar-refractivity contribution in [2.24, 2.45) is 0 Å². The Kier molecular flexibility index (Phi) is 4.69. The van der Waals surface area contributed by atoms with Crippen molar-refractivity contribution in [2.75, 3.05) is 24.3 Å². The number of carbonyl (C=O) groups is 1. The van der Waals surface area contributed by atoms with Gasteiger partial charge in [-0.05, 0) is 32.9 Å². The van der Waals surface area contributed by atoms with Gasteiger partial charge in [-0.15, -0.1) is 0 Å². The van der Waals surface area contributed by atoms with Gasteiger partial charge in [-0.2, -0.15) is 5.10 Å². The zero-order valence-corrected chi connectivity index (χ0v) is 18.4. The van der Waals surface area contributed by atoms with Crippen LogP contribution in [0.25, 0.3) is 11.0 Å². The lowest BCUT2D eigenvalue weighted by molar-refractivity contribution is -0.116. The molecule has 0 fully saturated rings. The highest BCUT2D eigenvalue weighted by atomic mass is 32.2. The Bertz CT molecular complexity index is 1240. The maximum Gasteiger partial charge on any atom is 0.265 e. The number of benzene rings is 1. The Balaban J connectivity index is 1.38. The summed E-state index contributed by atoms with van der Waals surface area (Å²) < 4.78 is 14.5. The largest absolute Gasteiger partial charge is 0.486 e. The summed E-state index contributed by atoms with van der Waals surface area (Å²) in [6, 6.07) is 5.05. The van der Waals surface area contributed by atoms with E-state index in [0.29, 0.717) is 52.3 Å². The molecule has 0 spiro atoms. The second-order valence-electron chi connectivity index (χ2n) is 8.61. The minimum Gasteiger partial charge on any atom is -0.486 e. The third-order valence-electron chi connectivity index (χ3n) is 5.25. The molecule has 9 nitrogen and oxygen atoms in total. The van der Waals surface area contributed by atoms with Crippen molar-refractivity contribution < 1.29 is 14.3 Å². The number of aromatic nitrogens is 4. The molecule has 10 heteroatoms. The van der Waals surface area contributed by atoms with Gasteiger partial charge in [-0.3, -0.25) is 14.2 Å². The Labute approximate surface area is 182 Å². The lowest BCUT2D eigenvalue weighted by atomic mass is 10.1. The van der Waals surface area contributed by atoms with E-state index in [-0.39, 0.29) is 29.5 Å². The minimum atomic E-state index is -0.285. The molecular weight excluding hydrogens is 418 g/mol. The predicted molar refractivity (Wildman–Crippen MR) is 117 cm³/mol.